The molecular formula is C6H14O3P2. The summed E-state index contributed by atoms with van der Waals surface area (Å²) in [6, 6.07) is 0. The van der Waals surface area contributed by atoms with Crippen LogP contribution in [-0.4, -0.2) is 11.0 Å². The van der Waals surface area contributed by atoms with Crippen molar-refractivity contribution in [2.75, 3.05) is 0 Å². The standard InChI is InChI=1S/C6H14O3P2/c7-10-11(8)9-6-4-2-1-3-5-6/h6-7,10-11H,1-5H2. The van der Waals surface area contributed by atoms with E-state index in [4.69, 9.17) is 9.42 Å². The van der Waals surface area contributed by atoms with Gasteiger partial charge in [0.2, 0.25) is 7.72 Å². The van der Waals surface area contributed by atoms with Crippen LogP contribution in [0.25, 0.3) is 0 Å². The highest BCUT2D eigenvalue weighted by atomic mass is 32.1. The quantitative estimate of drug-likeness (QED) is 0.704. The number of hydrogen-bond acceptors (Lipinski definition) is 3. The molecule has 0 aromatic carbocycles. The predicted octanol–water partition coefficient (Wildman–Crippen LogP) is 2.31. The van der Waals surface area contributed by atoms with Gasteiger partial charge in [-0.2, -0.15) is 0 Å². The summed E-state index contributed by atoms with van der Waals surface area (Å²) >= 11 is 0. The van der Waals surface area contributed by atoms with Gasteiger partial charge in [0.1, 0.15) is 0 Å². The predicted molar refractivity (Wildman–Crippen MR) is 47.5 cm³/mol. The van der Waals surface area contributed by atoms with Crippen LogP contribution < -0.4 is 0 Å². The summed E-state index contributed by atoms with van der Waals surface area (Å²) in [6.45, 7) is 0. The third-order valence-corrected chi connectivity index (χ3v) is 3.55. The van der Waals surface area contributed by atoms with Crippen molar-refractivity contribution in [1.82, 2.24) is 0 Å². The van der Waals surface area contributed by atoms with E-state index < -0.39 is 16.2 Å². The van der Waals surface area contributed by atoms with E-state index in [1.807, 2.05) is 0 Å². The molecule has 66 valence electrons. The van der Waals surface area contributed by atoms with E-state index in [1.165, 1.54) is 19.3 Å². The van der Waals surface area contributed by atoms with Crippen molar-refractivity contribution in [3.8, 4) is 0 Å². The molecule has 1 aliphatic rings. The van der Waals surface area contributed by atoms with Crippen LogP contribution in [-0.2, 0) is 9.09 Å². The molecule has 5 heteroatoms. The molecular weight excluding hydrogens is 182 g/mol. The third-order valence-electron chi connectivity index (χ3n) is 1.92. The third kappa shape index (κ3) is 3.66. The van der Waals surface area contributed by atoms with Crippen LogP contribution in [0.5, 0.6) is 0 Å². The maximum Gasteiger partial charge on any atom is 0.234 e. The molecule has 0 heterocycles. The minimum atomic E-state index is -2.09. The van der Waals surface area contributed by atoms with Gasteiger partial charge < -0.3 is 9.42 Å². The Hall–Kier alpha value is 0.580. The van der Waals surface area contributed by atoms with Gasteiger partial charge in [0, 0.05) is 0 Å². The zero-order valence-corrected chi connectivity index (χ0v) is 8.38. The largest absolute Gasteiger partial charge is 0.367 e. The lowest BCUT2D eigenvalue weighted by atomic mass is 9.98. The fourth-order valence-corrected chi connectivity index (χ4v) is 2.61. The van der Waals surface area contributed by atoms with E-state index in [0.29, 0.717) is 0 Å². The first-order valence-corrected chi connectivity index (χ1v) is 7.20. The number of rotatable bonds is 3. The van der Waals surface area contributed by atoms with Gasteiger partial charge in [-0.1, -0.05) is 19.3 Å². The Morgan fingerprint density at radius 3 is 2.55 bits per heavy atom. The molecule has 2 atom stereocenters. The van der Waals surface area contributed by atoms with E-state index >= 15 is 0 Å². The van der Waals surface area contributed by atoms with Gasteiger partial charge in [-0.3, -0.25) is 4.57 Å². The SMILES string of the molecule is O=[PH](OC1CCCCC1)PO. The molecule has 1 saturated carbocycles. The van der Waals surface area contributed by atoms with E-state index in [2.05, 4.69) is 0 Å². The van der Waals surface area contributed by atoms with Gasteiger partial charge in [0.25, 0.3) is 0 Å². The molecule has 0 aliphatic heterocycles. The molecule has 11 heavy (non-hydrogen) atoms. The first-order valence-electron chi connectivity index (χ1n) is 3.93. The molecule has 0 radical (unpaired) electrons. The Morgan fingerprint density at radius 2 is 2.00 bits per heavy atom. The minimum Gasteiger partial charge on any atom is -0.367 e. The second-order valence-corrected chi connectivity index (χ2v) is 5.71. The van der Waals surface area contributed by atoms with Gasteiger partial charge in [-0.15, -0.1) is 0 Å². The molecule has 1 rings (SSSR count). The van der Waals surface area contributed by atoms with Crippen LogP contribution in [0.2, 0.25) is 0 Å². The average Bonchev–Trinajstić information content (AvgIpc) is 2.06. The normalized spacial score (nSPS) is 24.5. The van der Waals surface area contributed by atoms with Crippen molar-refractivity contribution in [3.63, 3.8) is 0 Å². The lowest BCUT2D eigenvalue weighted by molar-refractivity contribution is 0.170. The lowest BCUT2D eigenvalue weighted by Crippen LogP contribution is -2.12. The van der Waals surface area contributed by atoms with E-state index in [9.17, 15) is 4.57 Å². The van der Waals surface area contributed by atoms with Gasteiger partial charge in [-0.05, 0) is 12.8 Å². The molecule has 1 aliphatic carbocycles. The molecule has 0 spiro atoms. The molecule has 2 unspecified atom stereocenters. The second kappa shape index (κ2) is 5.27. The summed E-state index contributed by atoms with van der Waals surface area (Å²) < 4.78 is 16.0. The molecule has 0 bridgehead atoms. The molecule has 0 amide bonds. The number of hydrogen-bond donors (Lipinski definition) is 1. The first kappa shape index (κ1) is 9.67. The molecule has 0 aromatic heterocycles. The first-order chi connectivity index (χ1) is 5.33. The van der Waals surface area contributed by atoms with Crippen LogP contribution in [0.4, 0.5) is 0 Å². The molecule has 0 aromatic rings. The summed E-state index contributed by atoms with van der Waals surface area (Å²) in [6.07, 6.45) is 5.81. The zero-order chi connectivity index (χ0) is 8.10. The summed E-state index contributed by atoms with van der Waals surface area (Å²) in [5.41, 5.74) is 0. The highest BCUT2D eigenvalue weighted by Crippen LogP contribution is 2.44. The Labute approximate surface area is 69.2 Å². The maximum absolute atomic E-state index is 10.8. The Bertz CT molecular complexity index is 134. The van der Waals surface area contributed by atoms with Gasteiger partial charge in [-0.25, -0.2) is 0 Å². The van der Waals surface area contributed by atoms with E-state index in [1.54, 1.807) is 0 Å². The summed E-state index contributed by atoms with van der Waals surface area (Å²) in [5, 5.41) is 0. The summed E-state index contributed by atoms with van der Waals surface area (Å²) in [5.74, 6) is 0. The maximum atomic E-state index is 10.8. The van der Waals surface area contributed by atoms with Crippen molar-refractivity contribution in [2.45, 2.75) is 38.2 Å². The lowest BCUT2D eigenvalue weighted by Gasteiger charge is -2.20. The molecule has 1 fully saturated rings. The van der Waals surface area contributed by atoms with Gasteiger partial charge >= 0.3 is 0 Å². The highest BCUT2D eigenvalue weighted by molar-refractivity contribution is 8.10. The topological polar surface area (TPSA) is 46.5 Å². The Kier molecular flexibility index (Phi) is 4.63. The van der Waals surface area contributed by atoms with Crippen LogP contribution >= 0.6 is 16.2 Å². The van der Waals surface area contributed by atoms with Crippen LogP contribution in [0.15, 0.2) is 0 Å². The van der Waals surface area contributed by atoms with Crippen molar-refractivity contribution in [2.24, 2.45) is 0 Å². The smallest absolute Gasteiger partial charge is 0.234 e. The van der Waals surface area contributed by atoms with Gasteiger partial charge in [0.15, 0.2) is 0 Å². The fourth-order valence-electron chi connectivity index (χ4n) is 1.36. The summed E-state index contributed by atoms with van der Waals surface area (Å²) in [4.78, 5) is 8.50. The van der Waals surface area contributed by atoms with Gasteiger partial charge in [0.05, 0.1) is 14.6 Å². The zero-order valence-electron chi connectivity index (χ0n) is 6.38. The highest BCUT2D eigenvalue weighted by Gasteiger charge is 2.15. The van der Waals surface area contributed by atoms with Crippen molar-refractivity contribution in [3.05, 3.63) is 0 Å². The second-order valence-electron chi connectivity index (χ2n) is 2.78. The monoisotopic (exact) mass is 196 g/mol. The van der Waals surface area contributed by atoms with Crippen molar-refractivity contribution >= 4 is 16.2 Å². The molecule has 3 nitrogen and oxygen atoms in total. The Morgan fingerprint density at radius 1 is 1.36 bits per heavy atom. The van der Waals surface area contributed by atoms with E-state index in [0.717, 1.165) is 12.8 Å². The van der Waals surface area contributed by atoms with Crippen molar-refractivity contribution < 1.29 is 14.0 Å². The average molecular weight is 196 g/mol. The van der Waals surface area contributed by atoms with E-state index in [-0.39, 0.29) is 6.10 Å². The van der Waals surface area contributed by atoms with Crippen LogP contribution in [0.3, 0.4) is 0 Å². The van der Waals surface area contributed by atoms with Crippen LogP contribution in [0, 0.1) is 0 Å². The van der Waals surface area contributed by atoms with Crippen LogP contribution in [0.1, 0.15) is 32.1 Å². The minimum absolute atomic E-state index is 0.162. The Balaban J connectivity index is 2.19. The molecule has 1 N–H and O–H groups in total. The molecule has 0 saturated heterocycles. The fraction of sp³-hybridized carbons (Fsp3) is 1.00. The van der Waals surface area contributed by atoms with Crippen molar-refractivity contribution in [1.29, 1.82) is 0 Å². The summed E-state index contributed by atoms with van der Waals surface area (Å²) in [7, 11) is -2.61.